The first kappa shape index (κ1) is 24.3. The Morgan fingerprint density at radius 1 is 0.919 bits per heavy atom. The van der Waals surface area contributed by atoms with Crippen LogP contribution in [-0.4, -0.2) is 22.2 Å². The van der Waals surface area contributed by atoms with Gasteiger partial charge in [-0.3, -0.25) is 4.79 Å². The standard InChI is InChI=1S/C29H23NO6S/c30-15-17-2-1-3-19(10-17)23-12-18(11-22-8-9-35-28(22)23)16-36-24-13-21(5-4-20(24)14-27(31)32)25-6-7-26(37-25)29(33)34/h1-13H,14-16,30H2,(H,31,32)(H,33,34). The highest BCUT2D eigenvalue weighted by Gasteiger charge is 2.15. The summed E-state index contributed by atoms with van der Waals surface area (Å²) in [4.78, 5) is 23.7. The van der Waals surface area contributed by atoms with Gasteiger partial charge in [-0.05, 0) is 64.7 Å². The van der Waals surface area contributed by atoms with E-state index in [4.69, 9.17) is 14.9 Å². The predicted octanol–water partition coefficient (Wildman–Crippen LogP) is 6.19. The van der Waals surface area contributed by atoms with Crippen LogP contribution in [0.25, 0.3) is 32.5 Å². The van der Waals surface area contributed by atoms with Gasteiger partial charge in [0, 0.05) is 27.9 Å². The number of hydrogen-bond donors (Lipinski definition) is 3. The fourth-order valence-corrected chi connectivity index (χ4v) is 5.07. The summed E-state index contributed by atoms with van der Waals surface area (Å²) >= 11 is 1.15. The molecule has 0 spiro atoms. The minimum Gasteiger partial charge on any atom is -0.489 e. The highest BCUT2D eigenvalue weighted by molar-refractivity contribution is 7.17. The third kappa shape index (κ3) is 5.25. The molecule has 5 rings (SSSR count). The maximum absolute atomic E-state index is 11.5. The Bertz CT molecular complexity index is 1620. The van der Waals surface area contributed by atoms with Crippen LogP contribution in [-0.2, 0) is 24.4 Å². The first-order valence-electron chi connectivity index (χ1n) is 11.5. The molecule has 0 unspecified atom stereocenters. The van der Waals surface area contributed by atoms with Crippen LogP contribution in [0.2, 0.25) is 0 Å². The minimum absolute atomic E-state index is 0.196. The fraction of sp³-hybridized carbons (Fsp3) is 0.103. The molecular weight excluding hydrogens is 490 g/mol. The first-order chi connectivity index (χ1) is 17.9. The van der Waals surface area contributed by atoms with Gasteiger partial charge < -0.3 is 25.1 Å². The lowest BCUT2D eigenvalue weighted by Crippen LogP contribution is -2.04. The molecule has 2 aromatic heterocycles. The molecule has 0 fully saturated rings. The van der Waals surface area contributed by atoms with Crippen LogP contribution in [0.4, 0.5) is 0 Å². The van der Waals surface area contributed by atoms with Gasteiger partial charge in [-0.15, -0.1) is 11.3 Å². The quantitative estimate of drug-likeness (QED) is 0.215. The third-order valence-electron chi connectivity index (χ3n) is 5.99. The average Bonchev–Trinajstić information content (AvgIpc) is 3.57. The maximum atomic E-state index is 11.5. The molecule has 0 saturated heterocycles. The van der Waals surface area contributed by atoms with Crippen LogP contribution < -0.4 is 10.5 Å². The van der Waals surface area contributed by atoms with Gasteiger partial charge in [0.2, 0.25) is 0 Å². The molecule has 0 radical (unpaired) electrons. The number of furan rings is 1. The van der Waals surface area contributed by atoms with Gasteiger partial charge >= 0.3 is 11.9 Å². The van der Waals surface area contributed by atoms with Crippen molar-refractivity contribution in [2.24, 2.45) is 5.73 Å². The van der Waals surface area contributed by atoms with Crippen LogP contribution in [0.5, 0.6) is 5.75 Å². The molecule has 7 nitrogen and oxygen atoms in total. The molecule has 0 amide bonds. The van der Waals surface area contributed by atoms with E-state index in [1.807, 2.05) is 42.5 Å². The smallest absolute Gasteiger partial charge is 0.345 e. The number of thiophene rings is 1. The second-order valence-corrected chi connectivity index (χ2v) is 9.62. The van der Waals surface area contributed by atoms with Crippen molar-refractivity contribution in [2.75, 3.05) is 0 Å². The normalized spacial score (nSPS) is 11.1. The van der Waals surface area contributed by atoms with Gasteiger partial charge in [0.25, 0.3) is 0 Å². The van der Waals surface area contributed by atoms with Crippen molar-refractivity contribution in [3.63, 3.8) is 0 Å². The predicted molar refractivity (Wildman–Crippen MR) is 142 cm³/mol. The number of carboxylic acid groups (broad SMARTS) is 2. The zero-order valence-electron chi connectivity index (χ0n) is 19.6. The van der Waals surface area contributed by atoms with Gasteiger partial charge in [-0.2, -0.15) is 0 Å². The minimum atomic E-state index is -0.988. The Morgan fingerprint density at radius 3 is 2.54 bits per heavy atom. The Labute approximate surface area is 216 Å². The van der Waals surface area contributed by atoms with E-state index in [0.29, 0.717) is 17.9 Å². The third-order valence-corrected chi connectivity index (χ3v) is 7.11. The number of aliphatic carboxylic acids is 1. The zero-order chi connectivity index (χ0) is 25.9. The Kier molecular flexibility index (Phi) is 6.76. The largest absolute Gasteiger partial charge is 0.489 e. The monoisotopic (exact) mass is 513 g/mol. The van der Waals surface area contributed by atoms with E-state index < -0.39 is 11.9 Å². The van der Waals surface area contributed by atoms with Crippen LogP contribution in [0.1, 0.15) is 26.4 Å². The number of hydrogen-bond acceptors (Lipinski definition) is 6. The molecule has 4 N–H and O–H groups in total. The number of ether oxygens (including phenoxy) is 1. The van der Waals surface area contributed by atoms with Crippen molar-refractivity contribution in [1.82, 2.24) is 0 Å². The fourth-order valence-electron chi connectivity index (χ4n) is 4.23. The van der Waals surface area contributed by atoms with E-state index in [2.05, 4.69) is 0 Å². The number of carbonyl (C=O) groups is 2. The number of fused-ring (bicyclic) bond motifs is 1. The summed E-state index contributed by atoms with van der Waals surface area (Å²) < 4.78 is 11.9. The molecule has 186 valence electrons. The van der Waals surface area contributed by atoms with Gasteiger partial charge in [0.05, 0.1) is 12.7 Å². The van der Waals surface area contributed by atoms with E-state index in [0.717, 1.165) is 55.0 Å². The Hall–Kier alpha value is -4.40. The molecule has 37 heavy (non-hydrogen) atoms. The first-order valence-corrected chi connectivity index (χ1v) is 12.3. The Balaban J connectivity index is 1.49. The van der Waals surface area contributed by atoms with Crippen LogP contribution in [0.15, 0.2) is 83.5 Å². The van der Waals surface area contributed by atoms with E-state index in [1.165, 1.54) is 0 Å². The number of nitrogens with two attached hydrogens (primary N) is 1. The summed E-state index contributed by atoms with van der Waals surface area (Å²) in [6.07, 6.45) is 1.45. The number of carboxylic acids is 2. The Morgan fingerprint density at radius 2 is 1.78 bits per heavy atom. The lowest BCUT2D eigenvalue weighted by Gasteiger charge is -2.14. The molecule has 0 aliphatic carbocycles. The summed E-state index contributed by atoms with van der Waals surface area (Å²) in [7, 11) is 0. The van der Waals surface area contributed by atoms with E-state index in [9.17, 15) is 19.8 Å². The molecule has 8 heteroatoms. The zero-order valence-corrected chi connectivity index (χ0v) is 20.5. The van der Waals surface area contributed by atoms with Crippen molar-refractivity contribution < 1.29 is 29.0 Å². The summed E-state index contributed by atoms with van der Waals surface area (Å²) in [5.41, 5.74) is 11.7. The lowest BCUT2D eigenvalue weighted by molar-refractivity contribution is -0.136. The van der Waals surface area contributed by atoms with Crippen LogP contribution >= 0.6 is 11.3 Å². The topological polar surface area (TPSA) is 123 Å². The number of rotatable bonds is 9. The van der Waals surface area contributed by atoms with Crippen LogP contribution in [0, 0.1) is 0 Å². The molecule has 0 atom stereocenters. The second kappa shape index (κ2) is 10.3. The molecule has 0 saturated carbocycles. The summed E-state index contributed by atoms with van der Waals surface area (Å²) in [5.74, 6) is -1.52. The molecular formula is C29H23NO6S. The summed E-state index contributed by atoms with van der Waals surface area (Å²) in [6, 6.07) is 22.4. The SMILES string of the molecule is NCc1cccc(-c2cc(COc3cc(-c4ccc(C(=O)O)s4)ccc3CC(=O)O)cc3ccoc23)c1. The molecule has 0 bridgehead atoms. The van der Waals surface area contributed by atoms with Crippen LogP contribution in [0.3, 0.4) is 0 Å². The van der Waals surface area contributed by atoms with E-state index in [-0.39, 0.29) is 17.9 Å². The van der Waals surface area contributed by atoms with E-state index >= 15 is 0 Å². The van der Waals surface area contributed by atoms with Crippen molar-refractivity contribution in [1.29, 1.82) is 0 Å². The number of aromatic carboxylic acids is 1. The van der Waals surface area contributed by atoms with Crippen molar-refractivity contribution in [2.45, 2.75) is 19.6 Å². The maximum Gasteiger partial charge on any atom is 0.345 e. The molecule has 5 aromatic rings. The highest BCUT2D eigenvalue weighted by Crippen LogP contribution is 2.35. The summed E-state index contributed by atoms with van der Waals surface area (Å²) in [5, 5.41) is 19.6. The van der Waals surface area contributed by atoms with Crippen molar-refractivity contribution in [3.05, 3.63) is 101 Å². The number of benzene rings is 3. The second-order valence-electron chi connectivity index (χ2n) is 8.54. The van der Waals surface area contributed by atoms with Crippen molar-refractivity contribution >= 4 is 34.2 Å². The van der Waals surface area contributed by atoms with Crippen molar-refractivity contribution in [3.8, 4) is 27.3 Å². The summed E-state index contributed by atoms with van der Waals surface area (Å²) in [6.45, 7) is 0.629. The molecule has 0 aliphatic rings. The van der Waals surface area contributed by atoms with Gasteiger partial charge in [0.1, 0.15) is 22.8 Å². The highest BCUT2D eigenvalue weighted by atomic mass is 32.1. The molecule has 0 aliphatic heterocycles. The van der Waals surface area contributed by atoms with Gasteiger partial charge in [0.15, 0.2) is 0 Å². The molecule has 2 heterocycles. The van der Waals surface area contributed by atoms with Gasteiger partial charge in [-0.25, -0.2) is 4.79 Å². The molecule has 3 aromatic carbocycles. The van der Waals surface area contributed by atoms with E-state index in [1.54, 1.807) is 36.6 Å². The average molecular weight is 514 g/mol. The van der Waals surface area contributed by atoms with Gasteiger partial charge in [-0.1, -0.05) is 30.3 Å². The lowest BCUT2D eigenvalue weighted by atomic mass is 9.99.